The molecule has 33 heavy (non-hydrogen) atoms. The number of anilines is 1. The van der Waals surface area contributed by atoms with Gasteiger partial charge in [-0.15, -0.1) is 0 Å². The van der Waals surface area contributed by atoms with E-state index in [9.17, 15) is 23.9 Å². The molecular weight excluding hydrogens is 423 g/mol. The van der Waals surface area contributed by atoms with E-state index in [4.69, 9.17) is 0 Å². The molecule has 3 aromatic rings. The summed E-state index contributed by atoms with van der Waals surface area (Å²) in [6.45, 7) is 3.85. The van der Waals surface area contributed by atoms with E-state index >= 15 is 0 Å². The molecule has 1 aliphatic heterocycles. The predicted octanol–water partition coefficient (Wildman–Crippen LogP) is 4.81. The largest absolute Gasteiger partial charge is 0.480 e. The first kappa shape index (κ1) is 22.2. The van der Waals surface area contributed by atoms with Crippen LogP contribution in [0.5, 0.6) is 0 Å². The molecule has 1 heterocycles. The highest BCUT2D eigenvalue weighted by Crippen LogP contribution is 2.31. The Kier molecular flexibility index (Phi) is 5.96. The summed E-state index contributed by atoms with van der Waals surface area (Å²) in [6, 6.07) is 17.1. The normalized spacial score (nSPS) is 13.7. The number of halogens is 1. The predicted molar refractivity (Wildman–Crippen MR) is 122 cm³/mol. The van der Waals surface area contributed by atoms with Crippen LogP contribution in [0.4, 0.5) is 10.1 Å². The van der Waals surface area contributed by atoms with E-state index in [0.717, 1.165) is 16.7 Å². The molecule has 0 radical (unpaired) electrons. The van der Waals surface area contributed by atoms with Gasteiger partial charge in [0, 0.05) is 23.4 Å². The van der Waals surface area contributed by atoms with Crippen LogP contribution < -0.4 is 5.32 Å². The summed E-state index contributed by atoms with van der Waals surface area (Å²) in [4.78, 5) is 38.4. The molecule has 1 unspecified atom stereocenters. The van der Waals surface area contributed by atoms with Crippen LogP contribution in [0, 0.1) is 11.7 Å². The summed E-state index contributed by atoms with van der Waals surface area (Å²) in [7, 11) is 0. The van der Waals surface area contributed by atoms with Crippen molar-refractivity contribution in [3.05, 3.63) is 89.2 Å². The van der Waals surface area contributed by atoms with Gasteiger partial charge in [-0.05, 0) is 65.1 Å². The second kappa shape index (κ2) is 8.86. The van der Waals surface area contributed by atoms with Crippen LogP contribution in [-0.2, 0) is 11.3 Å². The molecule has 3 aromatic carbocycles. The SMILES string of the molecule is CC(C)C(C(=O)O)N1Cc2ccc(-c3ccc(NC(=O)c4ccc(F)cc4)cc3)cc2C1=O. The molecule has 0 fully saturated rings. The lowest BCUT2D eigenvalue weighted by Gasteiger charge is -2.27. The first-order chi connectivity index (χ1) is 15.7. The van der Waals surface area contributed by atoms with Gasteiger partial charge >= 0.3 is 5.97 Å². The van der Waals surface area contributed by atoms with Crippen molar-refractivity contribution in [2.75, 3.05) is 5.32 Å². The number of fused-ring (bicyclic) bond motifs is 1. The lowest BCUT2D eigenvalue weighted by atomic mass is 10.00. The van der Waals surface area contributed by atoms with Gasteiger partial charge in [0.25, 0.3) is 11.8 Å². The van der Waals surface area contributed by atoms with E-state index in [2.05, 4.69) is 5.32 Å². The lowest BCUT2D eigenvalue weighted by molar-refractivity contribution is -0.144. The minimum Gasteiger partial charge on any atom is -0.480 e. The van der Waals surface area contributed by atoms with Crippen molar-refractivity contribution in [3.8, 4) is 11.1 Å². The Morgan fingerprint density at radius 1 is 0.970 bits per heavy atom. The molecule has 0 aromatic heterocycles. The van der Waals surface area contributed by atoms with Crippen LogP contribution in [-0.4, -0.2) is 33.8 Å². The van der Waals surface area contributed by atoms with Crippen LogP contribution >= 0.6 is 0 Å². The molecular formula is C26H23FN2O4. The smallest absolute Gasteiger partial charge is 0.326 e. The maximum Gasteiger partial charge on any atom is 0.326 e. The molecule has 6 nitrogen and oxygen atoms in total. The van der Waals surface area contributed by atoms with Gasteiger partial charge in [0.15, 0.2) is 0 Å². The van der Waals surface area contributed by atoms with Crippen molar-refractivity contribution in [1.29, 1.82) is 0 Å². The highest BCUT2D eigenvalue weighted by atomic mass is 19.1. The Labute approximate surface area is 190 Å². The van der Waals surface area contributed by atoms with E-state index in [1.165, 1.54) is 29.2 Å². The van der Waals surface area contributed by atoms with Crippen molar-refractivity contribution in [2.45, 2.75) is 26.4 Å². The Bertz CT molecular complexity index is 1220. The number of benzene rings is 3. The number of amides is 2. The third-order valence-electron chi connectivity index (χ3n) is 5.74. The fourth-order valence-electron chi connectivity index (χ4n) is 4.06. The highest BCUT2D eigenvalue weighted by molar-refractivity contribution is 6.04. The van der Waals surface area contributed by atoms with Crippen molar-refractivity contribution in [1.82, 2.24) is 4.90 Å². The Morgan fingerprint density at radius 3 is 2.21 bits per heavy atom. The number of carboxylic acid groups (broad SMARTS) is 1. The topological polar surface area (TPSA) is 86.7 Å². The average molecular weight is 446 g/mol. The monoisotopic (exact) mass is 446 g/mol. The molecule has 0 aliphatic carbocycles. The van der Waals surface area contributed by atoms with Crippen LogP contribution in [0.1, 0.15) is 40.1 Å². The first-order valence-corrected chi connectivity index (χ1v) is 10.6. The van der Waals surface area contributed by atoms with Crippen LogP contribution in [0.25, 0.3) is 11.1 Å². The van der Waals surface area contributed by atoms with Crippen molar-refractivity contribution in [3.63, 3.8) is 0 Å². The number of hydrogen-bond acceptors (Lipinski definition) is 3. The van der Waals surface area contributed by atoms with Gasteiger partial charge in [0.1, 0.15) is 11.9 Å². The molecule has 0 saturated heterocycles. The van der Waals surface area contributed by atoms with Crippen LogP contribution in [0.2, 0.25) is 0 Å². The first-order valence-electron chi connectivity index (χ1n) is 10.6. The molecule has 0 spiro atoms. The van der Waals surface area contributed by atoms with Gasteiger partial charge < -0.3 is 15.3 Å². The Morgan fingerprint density at radius 2 is 1.61 bits per heavy atom. The molecule has 4 rings (SSSR count). The average Bonchev–Trinajstić information content (AvgIpc) is 3.09. The molecule has 168 valence electrons. The van der Waals surface area contributed by atoms with E-state index < -0.39 is 17.8 Å². The van der Waals surface area contributed by atoms with Gasteiger partial charge in [-0.2, -0.15) is 0 Å². The molecule has 7 heteroatoms. The third-order valence-corrected chi connectivity index (χ3v) is 5.74. The summed E-state index contributed by atoms with van der Waals surface area (Å²) in [5.41, 5.74) is 3.91. The minimum atomic E-state index is -1.01. The number of hydrogen-bond donors (Lipinski definition) is 2. The fraction of sp³-hybridized carbons (Fsp3) is 0.192. The molecule has 1 atom stereocenters. The quantitative estimate of drug-likeness (QED) is 0.569. The summed E-state index contributed by atoms with van der Waals surface area (Å²) in [5, 5.41) is 12.3. The fourth-order valence-corrected chi connectivity index (χ4v) is 4.06. The highest BCUT2D eigenvalue weighted by Gasteiger charge is 2.38. The van der Waals surface area contributed by atoms with Crippen LogP contribution in [0.3, 0.4) is 0 Å². The zero-order valence-electron chi connectivity index (χ0n) is 18.2. The molecule has 2 amide bonds. The number of nitrogens with one attached hydrogen (secondary N) is 1. The number of nitrogens with zero attached hydrogens (tertiary/aromatic N) is 1. The van der Waals surface area contributed by atoms with Crippen LogP contribution in [0.15, 0.2) is 66.7 Å². The summed E-state index contributed by atoms with van der Waals surface area (Å²) >= 11 is 0. The van der Waals surface area contributed by atoms with Crippen molar-refractivity contribution in [2.24, 2.45) is 5.92 Å². The van der Waals surface area contributed by atoms with Crippen molar-refractivity contribution >= 4 is 23.5 Å². The van der Waals surface area contributed by atoms with E-state index in [0.29, 0.717) is 16.8 Å². The Hall–Kier alpha value is -4.00. The minimum absolute atomic E-state index is 0.210. The number of carboxylic acids is 1. The van der Waals surface area contributed by atoms with E-state index in [1.54, 1.807) is 32.0 Å². The zero-order valence-corrected chi connectivity index (χ0v) is 18.2. The van der Waals surface area contributed by atoms with Gasteiger partial charge in [-0.3, -0.25) is 9.59 Å². The van der Waals surface area contributed by atoms with E-state index in [-0.39, 0.29) is 24.3 Å². The maximum absolute atomic E-state index is 13.0. The number of carbonyl (C=O) groups excluding carboxylic acids is 2. The summed E-state index contributed by atoms with van der Waals surface area (Å²) in [6.07, 6.45) is 0. The maximum atomic E-state index is 13.0. The third kappa shape index (κ3) is 4.48. The lowest BCUT2D eigenvalue weighted by Crippen LogP contribution is -2.44. The van der Waals surface area contributed by atoms with Gasteiger partial charge in [0.2, 0.25) is 0 Å². The van der Waals surface area contributed by atoms with Crippen molar-refractivity contribution < 1.29 is 23.9 Å². The number of carbonyl (C=O) groups is 3. The van der Waals surface area contributed by atoms with Gasteiger partial charge in [0.05, 0.1) is 0 Å². The summed E-state index contributed by atoms with van der Waals surface area (Å²) < 4.78 is 13.0. The van der Waals surface area contributed by atoms with Gasteiger partial charge in [-0.25, -0.2) is 9.18 Å². The second-order valence-electron chi connectivity index (χ2n) is 8.37. The number of rotatable bonds is 6. The molecule has 2 N–H and O–H groups in total. The number of aliphatic carboxylic acids is 1. The standard InChI is InChI=1S/C26H23FN2O4/c1-15(2)23(26(32)33)29-14-19-4-3-18(13-22(19)25(29)31)16-7-11-21(12-8-16)28-24(30)17-5-9-20(27)10-6-17/h3-13,15,23H,14H2,1-2H3,(H,28,30)(H,32,33). The zero-order chi connectivity index (χ0) is 23.7. The molecule has 0 saturated carbocycles. The van der Waals surface area contributed by atoms with E-state index in [1.807, 2.05) is 24.3 Å². The molecule has 1 aliphatic rings. The van der Waals surface area contributed by atoms with Gasteiger partial charge in [-0.1, -0.05) is 38.1 Å². The summed E-state index contributed by atoms with van der Waals surface area (Å²) in [5.74, 6) is -2.25. The Balaban J connectivity index is 1.51. The second-order valence-corrected chi connectivity index (χ2v) is 8.37. The molecule has 0 bridgehead atoms.